The zero-order chi connectivity index (χ0) is 96.3. The van der Waals surface area contributed by atoms with E-state index >= 15 is 0 Å². The lowest BCUT2D eigenvalue weighted by molar-refractivity contribution is -0.138. The third-order valence-electron chi connectivity index (χ3n) is 20.5. The first-order valence-corrected chi connectivity index (χ1v) is 46.6. The molecular weight excluding hydrogens is 1800 g/mol. The molecule has 0 aliphatic heterocycles. The van der Waals surface area contributed by atoms with Gasteiger partial charge in [-0.2, -0.15) is 54.5 Å². The highest BCUT2D eigenvalue weighted by atomic mass is 32.2. The summed E-state index contributed by atoms with van der Waals surface area (Å²) in [6.45, 7) is 4.94. The van der Waals surface area contributed by atoms with Crippen molar-refractivity contribution < 1.29 is 81.8 Å². The number of aromatic nitrogens is 6. The number of carbonyl (C=O) groups excluding carboxylic acids is 3. The van der Waals surface area contributed by atoms with E-state index < -0.39 is 82.1 Å². The molecule has 0 saturated heterocycles. The number of aliphatic hydroxyl groups excluding tert-OH is 3. The van der Waals surface area contributed by atoms with Gasteiger partial charge in [0.1, 0.15) is 27.2 Å². The fourth-order valence-corrected chi connectivity index (χ4v) is 17.1. The van der Waals surface area contributed by atoms with Gasteiger partial charge in [-0.25, -0.2) is 41.5 Å². The largest absolute Gasteiger partial charge is 0.416 e. The summed E-state index contributed by atoms with van der Waals surface area (Å²) >= 11 is 0. The van der Waals surface area contributed by atoms with Gasteiger partial charge in [0.05, 0.1) is 85.0 Å². The predicted octanol–water partition coefficient (Wildman–Crippen LogP) is 19.8. The van der Waals surface area contributed by atoms with Gasteiger partial charge in [0.2, 0.25) is 35.6 Å². The highest BCUT2D eigenvalue weighted by Gasteiger charge is 2.35. The lowest BCUT2D eigenvalue weighted by Crippen LogP contribution is -2.21. The molecule has 27 nitrogen and oxygen atoms in total. The molecule has 14 N–H and O–H groups in total. The molecule has 39 heteroatoms. The van der Waals surface area contributed by atoms with E-state index in [4.69, 9.17) is 9.56 Å². The maximum atomic E-state index is 13.1. The standard InChI is InChI=1S/C34H31F3N6O3S.C31H31F3N6O3S.C30H31F3N6O3S/c1-22(21-44)40-32-30(24-10-12-26(13-11-24)41-31(45)19-23-6-5-7-25(18-23)34(35,36)37)20-39-33(43-32)42-27-14-16-29(17-15-27)47(38,46)28-8-3-2-4-9-28;1-19(18-41)37-29-27(17-36-30(40-29)39-24-9-11-25(12-10-24)44(35,43)26-13-14-26)21-5-7-23(8-6-21)38-28(42)16-20-3-2-4-22(15-20)31(32,33)34;1-19(18-40)36-28-26(17-35-29(39-28)38-24-11-13-25(14-12-24)43(3,42)34-2)21-7-9-23(10-8-21)37-27(41)16-20-5-4-6-22(15-20)30(31,32)33/h2-18,20,22,38,44H,19,21H2,1H3,(H,41,45)(H2,39,40,42,43);2-12,15,17,19,26,35,41H,13-14,16,18H2,1H3,(H,38,42)(H2,36,37,39,40);4-15,17,19,40H,16,18H2,1-3H3,(H,37,41)(H2,35,36,38,39). The molecule has 0 bridgehead atoms. The number of rotatable bonds is 32. The Balaban J connectivity index is 0.000000181. The molecule has 1 fully saturated rings. The Morgan fingerprint density at radius 1 is 0.396 bits per heavy atom. The Morgan fingerprint density at radius 3 is 0.963 bits per heavy atom. The van der Waals surface area contributed by atoms with Crippen LogP contribution in [-0.2, 0) is 81.4 Å². The topological polar surface area (TPSA) is 409 Å². The van der Waals surface area contributed by atoms with Crippen LogP contribution in [0.1, 0.15) is 67.0 Å². The van der Waals surface area contributed by atoms with Crippen molar-refractivity contribution in [1.29, 1.82) is 9.56 Å². The van der Waals surface area contributed by atoms with Crippen molar-refractivity contribution >= 4 is 116 Å². The number of nitrogens with one attached hydrogen (secondary N) is 11. The van der Waals surface area contributed by atoms with Crippen LogP contribution in [0.25, 0.3) is 33.4 Å². The third kappa shape index (κ3) is 27.2. The zero-order valence-electron chi connectivity index (χ0n) is 72.4. The van der Waals surface area contributed by atoms with E-state index in [0.29, 0.717) is 99.4 Å². The fraction of sp³-hybridized carbons (Fsp3) is 0.211. The summed E-state index contributed by atoms with van der Waals surface area (Å²) in [7, 11) is -6.91. The summed E-state index contributed by atoms with van der Waals surface area (Å²) < 4.78 is 176. The van der Waals surface area contributed by atoms with Crippen LogP contribution in [0.5, 0.6) is 0 Å². The van der Waals surface area contributed by atoms with Gasteiger partial charge in [-0.3, -0.25) is 14.4 Å². The number of hydrogen-bond donors (Lipinski definition) is 14. The van der Waals surface area contributed by atoms with Crippen LogP contribution >= 0.6 is 0 Å². The Labute approximate surface area is 767 Å². The Kier molecular flexibility index (Phi) is 32.0. The maximum Gasteiger partial charge on any atom is 0.416 e. The molecule has 698 valence electrons. The van der Waals surface area contributed by atoms with Crippen LogP contribution in [0.3, 0.4) is 0 Å². The Bertz CT molecular complexity index is 6670. The van der Waals surface area contributed by atoms with E-state index in [-0.39, 0.29) is 91.0 Å². The molecule has 1 aliphatic rings. The molecule has 6 unspecified atom stereocenters. The van der Waals surface area contributed by atoms with Crippen LogP contribution in [0.2, 0.25) is 0 Å². The minimum Gasteiger partial charge on any atom is -0.394 e. The molecule has 0 spiro atoms. The molecule has 0 radical (unpaired) electrons. The minimum absolute atomic E-state index is 0.0749. The van der Waals surface area contributed by atoms with Gasteiger partial charge in [-0.05, 0) is 207 Å². The van der Waals surface area contributed by atoms with Crippen molar-refractivity contribution in [3.8, 4) is 33.4 Å². The van der Waals surface area contributed by atoms with Crippen LogP contribution in [0.4, 0.5) is 109 Å². The number of amides is 3. The second-order valence-corrected chi connectivity index (χ2v) is 38.0. The summed E-state index contributed by atoms with van der Waals surface area (Å²) in [6, 6.07) is 62.4. The van der Waals surface area contributed by atoms with Gasteiger partial charge in [0, 0.05) is 116 Å². The molecule has 134 heavy (non-hydrogen) atoms. The number of anilines is 12. The fourth-order valence-electron chi connectivity index (χ4n) is 13.2. The molecule has 3 heterocycles. The number of hydrogen-bond acceptors (Lipinski definition) is 24. The number of carbonyl (C=O) groups is 3. The van der Waals surface area contributed by atoms with Crippen molar-refractivity contribution in [3.63, 3.8) is 0 Å². The van der Waals surface area contributed by atoms with E-state index in [1.54, 1.807) is 222 Å². The minimum atomic E-state index is -4.49. The lowest BCUT2D eigenvalue weighted by atomic mass is 10.1. The molecule has 3 aromatic heterocycles. The number of benzene rings is 10. The van der Waals surface area contributed by atoms with Crippen molar-refractivity contribution in [1.82, 2.24) is 29.9 Å². The Morgan fingerprint density at radius 2 is 0.679 bits per heavy atom. The first-order chi connectivity index (χ1) is 63.7. The molecule has 6 atom stereocenters. The smallest absolute Gasteiger partial charge is 0.394 e. The first-order valence-electron chi connectivity index (χ1n) is 41.5. The van der Waals surface area contributed by atoms with Gasteiger partial charge in [0.25, 0.3) is 0 Å². The van der Waals surface area contributed by atoms with E-state index in [1.807, 2.05) is 0 Å². The zero-order valence-corrected chi connectivity index (χ0v) is 74.9. The monoisotopic (exact) mass is 1900 g/mol. The van der Waals surface area contributed by atoms with Crippen molar-refractivity contribution in [2.45, 2.75) is 114 Å². The summed E-state index contributed by atoms with van der Waals surface area (Å²) in [6.07, 6.45) is -6.10. The van der Waals surface area contributed by atoms with E-state index in [0.717, 1.165) is 60.4 Å². The number of alkyl halides is 9. The van der Waals surface area contributed by atoms with Crippen molar-refractivity contribution in [2.75, 3.05) is 81.0 Å². The van der Waals surface area contributed by atoms with E-state index in [9.17, 15) is 81.8 Å². The lowest BCUT2D eigenvalue weighted by Gasteiger charge is -2.17. The summed E-state index contributed by atoms with van der Waals surface area (Å²) in [5.74, 6) is 0.782. The van der Waals surface area contributed by atoms with Crippen LogP contribution in [0.15, 0.2) is 291 Å². The van der Waals surface area contributed by atoms with Gasteiger partial charge in [-0.15, -0.1) is 0 Å². The van der Waals surface area contributed by atoms with Crippen LogP contribution < -0.4 is 47.9 Å². The van der Waals surface area contributed by atoms with Crippen LogP contribution in [0, 0.1) is 9.56 Å². The van der Waals surface area contributed by atoms with Crippen molar-refractivity contribution in [3.05, 3.63) is 301 Å². The highest BCUT2D eigenvalue weighted by Crippen LogP contribution is 2.39. The normalized spacial score (nSPS) is 14.0. The van der Waals surface area contributed by atoms with Gasteiger partial charge in [0.15, 0.2) is 0 Å². The second-order valence-electron chi connectivity index (χ2n) is 31.2. The Hall–Kier alpha value is -14.3. The van der Waals surface area contributed by atoms with Gasteiger partial charge < -0.3 is 63.2 Å². The van der Waals surface area contributed by atoms with E-state index in [2.05, 4.69) is 82.1 Å². The molecule has 3 amide bonds. The molecule has 1 aliphatic carbocycles. The van der Waals surface area contributed by atoms with Crippen LogP contribution in [-0.4, -0.2) is 132 Å². The first kappa shape index (κ1) is 98.8. The van der Waals surface area contributed by atoms with Crippen molar-refractivity contribution in [2.24, 2.45) is 4.36 Å². The molecule has 13 aromatic rings. The number of nitrogens with zero attached hydrogens (tertiary/aromatic N) is 7. The molecular formula is C95H93F9N18O9S3. The molecule has 10 aromatic carbocycles. The quantitative estimate of drug-likeness (QED) is 0.0174. The SMILES string of the molecule is CC(CO)Nc1nc(Nc2ccc(S(=N)(=O)C3CC3)cc2)ncc1-c1ccc(NC(=O)Cc2cccc(C(F)(F)F)c2)cc1.CC(CO)Nc1nc(Nc2ccc(S(=N)(=O)c3ccccc3)cc2)ncc1-c1ccc(NC(=O)Cc2cccc(C(F)(F)F)c2)cc1.CN=S(C)(=O)c1ccc(Nc2ncc(-c3ccc(NC(=O)Cc4cccc(C(F)(F)F)c4)cc3)c(NC(C)CO)n2)cc1. The van der Waals surface area contributed by atoms with Gasteiger partial charge in [-0.1, -0.05) is 109 Å². The molecule has 1 saturated carbocycles. The summed E-state index contributed by atoms with van der Waals surface area (Å²) in [4.78, 5) is 66.5. The predicted molar refractivity (Wildman–Crippen MR) is 500 cm³/mol. The van der Waals surface area contributed by atoms with Gasteiger partial charge >= 0.3 is 18.5 Å². The number of aliphatic hydroxyl groups is 3. The molecule has 14 rings (SSSR count). The van der Waals surface area contributed by atoms with E-state index in [1.165, 1.54) is 43.4 Å². The summed E-state index contributed by atoms with van der Waals surface area (Å²) in [5.41, 5.74) is 5.66. The third-order valence-corrected chi connectivity index (χ3v) is 26.6. The number of halogens is 9. The second kappa shape index (κ2) is 43.4. The summed E-state index contributed by atoms with van der Waals surface area (Å²) in [5, 5.41) is 55.8. The maximum absolute atomic E-state index is 13.1. The average Bonchev–Trinajstić information content (AvgIpc) is 1.11. The average molecular weight is 1900 g/mol. The highest BCUT2D eigenvalue weighted by molar-refractivity contribution is 7.93.